The number of benzene rings is 1. The van der Waals surface area contributed by atoms with Crippen LogP contribution in [0.15, 0.2) is 52.1 Å². The van der Waals surface area contributed by atoms with E-state index in [9.17, 15) is 13.2 Å². The zero-order valence-corrected chi connectivity index (χ0v) is 18.0. The predicted molar refractivity (Wildman–Crippen MR) is 112 cm³/mol. The van der Waals surface area contributed by atoms with E-state index in [0.717, 1.165) is 5.56 Å². The molecule has 8 heteroatoms. The van der Waals surface area contributed by atoms with Crippen LogP contribution in [0, 0.1) is 0 Å². The van der Waals surface area contributed by atoms with Gasteiger partial charge >= 0.3 is 0 Å². The van der Waals surface area contributed by atoms with Crippen molar-refractivity contribution < 1.29 is 13.2 Å². The standard InChI is InChI=1S/C20H27N3O3S2/c1-3-21(4-2)20(24)19(17-9-6-5-7-10-17)22-12-14-23(15-13-22)28(25,26)18-11-8-16-27-18/h5-11,16,19H,3-4,12-15H2,1-2H3/t19-/m0/s1. The van der Waals surface area contributed by atoms with Crippen molar-refractivity contribution >= 4 is 27.3 Å². The molecular formula is C20H27N3O3S2. The van der Waals surface area contributed by atoms with Crippen molar-refractivity contribution in [3.63, 3.8) is 0 Å². The van der Waals surface area contributed by atoms with Gasteiger partial charge in [-0.05, 0) is 30.9 Å². The van der Waals surface area contributed by atoms with Gasteiger partial charge in [0, 0.05) is 39.3 Å². The van der Waals surface area contributed by atoms with E-state index in [0.29, 0.717) is 43.5 Å². The van der Waals surface area contributed by atoms with Crippen molar-refractivity contribution in [1.29, 1.82) is 0 Å². The highest BCUT2D eigenvalue weighted by Crippen LogP contribution is 2.27. The molecule has 0 aliphatic carbocycles. The van der Waals surface area contributed by atoms with Crippen molar-refractivity contribution in [2.24, 2.45) is 0 Å². The van der Waals surface area contributed by atoms with Crippen LogP contribution in [-0.4, -0.2) is 67.7 Å². The van der Waals surface area contributed by atoms with Gasteiger partial charge in [-0.1, -0.05) is 36.4 Å². The zero-order chi connectivity index (χ0) is 20.1. The number of thiophene rings is 1. The predicted octanol–water partition coefficient (Wildman–Crippen LogP) is 2.66. The molecule has 1 fully saturated rings. The van der Waals surface area contributed by atoms with Gasteiger partial charge in [-0.2, -0.15) is 4.31 Å². The lowest BCUT2D eigenvalue weighted by Gasteiger charge is -2.39. The molecule has 0 saturated carbocycles. The second-order valence-electron chi connectivity index (χ2n) is 6.70. The molecule has 1 amide bonds. The summed E-state index contributed by atoms with van der Waals surface area (Å²) in [7, 11) is -3.45. The van der Waals surface area contributed by atoms with Crippen LogP contribution >= 0.6 is 11.3 Å². The maximum atomic E-state index is 13.2. The van der Waals surface area contributed by atoms with E-state index in [1.807, 2.05) is 49.1 Å². The lowest BCUT2D eigenvalue weighted by molar-refractivity contribution is -0.137. The summed E-state index contributed by atoms with van der Waals surface area (Å²) in [4.78, 5) is 17.2. The Labute approximate surface area is 171 Å². The van der Waals surface area contributed by atoms with Crippen LogP contribution in [0.4, 0.5) is 0 Å². The average Bonchev–Trinajstić information content (AvgIpc) is 3.26. The molecule has 1 aromatic carbocycles. The van der Waals surface area contributed by atoms with Gasteiger partial charge < -0.3 is 4.90 Å². The third kappa shape index (κ3) is 4.30. The molecule has 1 aliphatic heterocycles. The molecule has 28 heavy (non-hydrogen) atoms. The quantitative estimate of drug-likeness (QED) is 0.690. The number of sulfonamides is 1. The Hall–Kier alpha value is -1.74. The van der Waals surface area contributed by atoms with E-state index in [2.05, 4.69) is 4.90 Å². The molecule has 0 radical (unpaired) electrons. The van der Waals surface area contributed by atoms with Crippen LogP contribution in [0.1, 0.15) is 25.5 Å². The molecule has 1 aromatic heterocycles. The zero-order valence-electron chi connectivity index (χ0n) is 16.3. The van der Waals surface area contributed by atoms with E-state index < -0.39 is 10.0 Å². The van der Waals surface area contributed by atoms with Crippen LogP contribution in [-0.2, 0) is 14.8 Å². The van der Waals surface area contributed by atoms with Gasteiger partial charge in [0.1, 0.15) is 10.3 Å². The summed E-state index contributed by atoms with van der Waals surface area (Å²) in [5.41, 5.74) is 0.953. The highest BCUT2D eigenvalue weighted by molar-refractivity contribution is 7.91. The highest BCUT2D eigenvalue weighted by atomic mass is 32.2. The summed E-state index contributed by atoms with van der Waals surface area (Å²) >= 11 is 1.24. The lowest BCUT2D eigenvalue weighted by atomic mass is 10.0. The third-order valence-corrected chi connectivity index (χ3v) is 8.42. The minimum atomic E-state index is -3.45. The average molecular weight is 422 g/mol. The molecule has 0 unspecified atom stereocenters. The second-order valence-corrected chi connectivity index (χ2v) is 9.81. The van der Waals surface area contributed by atoms with Gasteiger partial charge in [0.25, 0.3) is 10.0 Å². The van der Waals surface area contributed by atoms with E-state index in [1.165, 1.54) is 15.6 Å². The van der Waals surface area contributed by atoms with Crippen LogP contribution in [0.25, 0.3) is 0 Å². The summed E-state index contributed by atoms with van der Waals surface area (Å²) < 4.78 is 27.4. The number of piperazine rings is 1. The number of hydrogen-bond donors (Lipinski definition) is 0. The smallest absolute Gasteiger partial charge is 0.252 e. The Kier molecular flexibility index (Phi) is 6.87. The number of rotatable bonds is 7. The topological polar surface area (TPSA) is 60.9 Å². The minimum Gasteiger partial charge on any atom is -0.342 e. The van der Waals surface area contributed by atoms with Crippen molar-refractivity contribution in [3.8, 4) is 0 Å². The molecular weight excluding hydrogens is 394 g/mol. The first-order chi connectivity index (χ1) is 13.5. The summed E-state index contributed by atoms with van der Waals surface area (Å²) in [5.74, 6) is 0.0748. The molecule has 1 aliphatic rings. The number of hydrogen-bond acceptors (Lipinski definition) is 5. The van der Waals surface area contributed by atoms with Gasteiger partial charge in [0.2, 0.25) is 5.91 Å². The van der Waals surface area contributed by atoms with Gasteiger partial charge in [0.05, 0.1) is 0 Å². The Morgan fingerprint density at radius 3 is 2.21 bits per heavy atom. The number of likely N-dealkylation sites (N-methyl/N-ethyl adjacent to an activating group) is 1. The Bertz CT molecular complexity index is 857. The van der Waals surface area contributed by atoms with Gasteiger partial charge in [0.15, 0.2) is 0 Å². The van der Waals surface area contributed by atoms with Crippen molar-refractivity contribution in [2.45, 2.75) is 24.1 Å². The Balaban J connectivity index is 1.79. The molecule has 0 spiro atoms. The maximum absolute atomic E-state index is 13.2. The molecule has 2 aromatic rings. The summed E-state index contributed by atoms with van der Waals surface area (Å²) in [6.45, 7) is 7.10. The molecule has 2 heterocycles. The van der Waals surface area contributed by atoms with Crippen molar-refractivity contribution in [2.75, 3.05) is 39.3 Å². The van der Waals surface area contributed by atoms with Crippen LogP contribution in [0.2, 0.25) is 0 Å². The Morgan fingerprint density at radius 2 is 1.68 bits per heavy atom. The van der Waals surface area contributed by atoms with Crippen LogP contribution in [0.5, 0.6) is 0 Å². The molecule has 0 N–H and O–H groups in total. The molecule has 1 atom stereocenters. The highest BCUT2D eigenvalue weighted by Gasteiger charge is 2.35. The SMILES string of the molecule is CCN(CC)C(=O)[C@H](c1ccccc1)N1CCN(S(=O)(=O)c2cccs2)CC1. The largest absolute Gasteiger partial charge is 0.342 e. The van der Waals surface area contributed by atoms with Crippen LogP contribution < -0.4 is 0 Å². The molecule has 0 bridgehead atoms. The molecule has 152 valence electrons. The Morgan fingerprint density at radius 1 is 1.04 bits per heavy atom. The van der Waals surface area contributed by atoms with Crippen molar-refractivity contribution in [3.05, 3.63) is 53.4 Å². The second kappa shape index (κ2) is 9.17. The normalized spacial score (nSPS) is 17.4. The summed E-state index contributed by atoms with van der Waals surface area (Å²) in [5, 5.41) is 1.78. The fraction of sp³-hybridized carbons (Fsp3) is 0.450. The van der Waals surface area contributed by atoms with E-state index in [-0.39, 0.29) is 11.9 Å². The number of amides is 1. The number of carbonyl (C=O) groups excluding carboxylic acids is 1. The number of carbonyl (C=O) groups is 1. The van der Waals surface area contributed by atoms with Gasteiger partial charge in [-0.25, -0.2) is 8.42 Å². The van der Waals surface area contributed by atoms with Crippen LogP contribution in [0.3, 0.4) is 0 Å². The fourth-order valence-corrected chi connectivity index (χ4v) is 6.16. The third-order valence-electron chi connectivity index (χ3n) is 5.15. The molecule has 1 saturated heterocycles. The summed E-state index contributed by atoms with van der Waals surface area (Å²) in [6.07, 6.45) is 0. The number of nitrogens with zero attached hydrogens (tertiary/aromatic N) is 3. The van der Waals surface area contributed by atoms with Crippen molar-refractivity contribution in [1.82, 2.24) is 14.1 Å². The van der Waals surface area contributed by atoms with E-state index >= 15 is 0 Å². The van der Waals surface area contributed by atoms with Gasteiger partial charge in [-0.15, -0.1) is 11.3 Å². The minimum absolute atomic E-state index is 0.0748. The lowest BCUT2D eigenvalue weighted by Crippen LogP contribution is -2.52. The molecule has 6 nitrogen and oxygen atoms in total. The summed E-state index contributed by atoms with van der Waals surface area (Å²) in [6, 6.07) is 12.8. The molecule has 3 rings (SSSR count). The monoisotopic (exact) mass is 421 g/mol. The van der Waals surface area contributed by atoms with Gasteiger partial charge in [-0.3, -0.25) is 9.69 Å². The fourth-order valence-electron chi connectivity index (χ4n) is 3.59. The van der Waals surface area contributed by atoms with E-state index in [1.54, 1.807) is 17.5 Å². The first-order valence-corrected chi connectivity index (χ1v) is 11.9. The maximum Gasteiger partial charge on any atom is 0.252 e. The van der Waals surface area contributed by atoms with E-state index in [4.69, 9.17) is 0 Å². The first kappa shape index (κ1) is 21.0. The first-order valence-electron chi connectivity index (χ1n) is 9.60.